The van der Waals surface area contributed by atoms with E-state index in [1.807, 2.05) is 24.3 Å². The van der Waals surface area contributed by atoms with E-state index in [2.05, 4.69) is 18.1 Å². The van der Waals surface area contributed by atoms with Crippen molar-refractivity contribution in [3.05, 3.63) is 54.8 Å². The van der Waals surface area contributed by atoms with Crippen LogP contribution in [0.3, 0.4) is 0 Å². The van der Waals surface area contributed by atoms with Gasteiger partial charge in [0.2, 0.25) is 6.41 Å². The summed E-state index contributed by atoms with van der Waals surface area (Å²) in [5.74, 6) is 0.818. The predicted octanol–water partition coefficient (Wildman–Crippen LogP) is 2.99. The van der Waals surface area contributed by atoms with E-state index in [1.165, 1.54) is 0 Å². The molecule has 1 aliphatic heterocycles. The van der Waals surface area contributed by atoms with E-state index in [1.54, 1.807) is 22.7 Å². The second-order valence-corrected chi connectivity index (χ2v) is 5.13. The van der Waals surface area contributed by atoms with Gasteiger partial charge in [-0.2, -0.15) is 0 Å². The second-order valence-electron chi connectivity index (χ2n) is 4.13. The highest BCUT2D eigenvalue weighted by Gasteiger charge is 2.19. The first-order chi connectivity index (χ1) is 9.28. The number of aromatic nitrogens is 1. The lowest BCUT2D eigenvalue weighted by molar-refractivity contribution is -0.107. The van der Waals surface area contributed by atoms with Crippen LogP contribution in [0.25, 0.3) is 0 Å². The molecule has 2 heterocycles. The summed E-state index contributed by atoms with van der Waals surface area (Å²) in [4.78, 5) is 17.1. The van der Waals surface area contributed by atoms with Gasteiger partial charge >= 0.3 is 0 Å². The number of amides is 1. The minimum absolute atomic E-state index is 0.730. The van der Waals surface area contributed by atoms with Gasteiger partial charge in [-0.25, -0.2) is 4.98 Å². The molecular weight excluding hydrogens is 256 g/mol. The van der Waals surface area contributed by atoms with E-state index < -0.39 is 0 Å². The van der Waals surface area contributed by atoms with E-state index in [0.717, 1.165) is 47.1 Å². The molecule has 19 heavy (non-hydrogen) atoms. The minimum Gasteiger partial charge on any atom is -0.313 e. The molecule has 0 spiro atoms. The van der Waals surface area contributed by atoms with Crippen molar-refractivity contribution in [2.45, 2.75) is 11.4 Å². The molecule has 1 aromatic heterocycles. The first-order valence-electron chi connectivity index (χ1n) is 6.07. The van der Waals surface area contributed by atoms with Crippen LogP contribution in [0.2, 0.25) is 0 Å². The third kappa shape index (κ3) is 3.15. The molecule has 1 aliphatic rings. The van der Waals surface area contributed by atoms with Crippen LogP contribution in [0.5, 0.6) is 0 Å². The molecule has 1 amide bonds. The molecule has 0 radical (unpaired) electrons. The van der Waals surface area contributed by atoms with Crippen LogP contribution in [0.15, 0.2) is 54.1 Å². The van der Waals surface area contributed by atoms with Crippen molar-refractivity contribution < 1.29 is 4.79 Å². The minimum atomic E-state index is 0.730. The van der Waals surface area contributed by atoms with Crippen LogP contribution in [0.4, 0.5) is 5.69 Å². The monoisotopic (exact) mass is 272 g/mol. The summed E-state index contributed by atoms with van der Waals surface area (Å²) in [6, 6.07) is 3.93. The molecular formula is C15H16N2OS. The normalized spacial score (nSPS) is 14.1. The van der Waals surface area contributed by atoms with Crippen molar-refractivity contribution >= 4 is 23.9 Å². The third-order valence-electron chi connectivity index (χ3n) is 2.93. The van der Waals surface area contributed by atoms with Crippen LogP contribution >= 0.6 is 11.8 Å². The van der Waals surface area contributed by atoms with Gasteiger partial charge in [-0.1, -0.05) is 31.4 Å². The largest absolute Gasteiger partial charge is 0.313 e. The van der Waals surface area contributed by atoms with E-state index >= 15 is 0 Å². The number of carbonyl (C=O) groups excluding carboxylic acids is 1. The highest BCUT2D eigenvalue weighted by molar-refractivity contribution is 7.99. The van der Waals surface area contributed by atoms with Crippen LogP contribution < -0.4 is 4.90 Å². The smallest absolute Gasteiger partial charge is 0.214 e. The van der Waals surface area contributed by atoms with Gasteiger partial charge in [-0.3, -0.25) is 4.79 Å². The molecule has 2 rings (SSSR count). The van der Waals surface area contributed by atoms with Crippen LogP contribution in [-0.2, 0) is 11.2 Å². The number of hydrogen-bond acceptors (Lipinski definition) is 3. The standard InChI is InChI=1S/C15H16N2OS/c1-3-5-12(4-2)10-19-15-7-6-14-13(16-15)8-9-17(14)11-18/h3-7,11H,1-2,8-10H2/b12-5+. The average Bonchev–Trinajstić information content (AvgIpc) is 2.85. The fourth-order valence-electron chi connectivity index (χ4n) is 1.94. The molecule has 4 heteroatoms. The number of nitrogens with zero attached hydrogens (tertiary/aromatic N) is 2. The molecule has 3 nitrogen and oxygen atoms in total. The Hall–Kier alpha value is -1.81. The van der Waals surface area contributed by atoms with Crippen LogP contribution in [-0.4, -0.2) is 23.7 Å². The number of carbonyl (C=O) groups is 1. The molecule has 0 atom stereocenters. The van der Waals surface area contributed by atoms with Crippen molar-refractivity contribution in [2.75, 3.05) is 17.2 Å². The molecule has 0 aromatic carbocycles. The summed E-state index contributed by atoms with van der Waals surface area (Å²) in [5, 5.41) is 0.975. The van der Waals surface area contributed by atoms with Gasteiger partial charge in [0.15, 0.2) is 0 Å². The number of rotatable bonds is 6. The quantitative estimate of drug-likeness (QED) is 0.453. The van der Waals surface area contributed by atoms with Gasteiger partial charge in [0.1, 0.15) is 0 Å². The zero-order valence-electron chi connectivity index (χ0n) is 10.7. The van der Waals surface area contributed by atoms with Crippen LogP contribution in [0, 0.1) is 0 Å². The van der Waals surface area contributed by atoms with Crippen LogP contribution in [0.1, 0.15) is 5.69 Å². The molecule has 98 valence electrons. The fourth-order valence-corrected chi connectivity index (χ4v) is 2.81. The summed E-state index contributed by atoms with van der Waals surface area (Å²) >= 11 is 1.66. The van der Waals surface area contributed by atoms with E-state index in [4.69, 9.17) is 0 Å². The van der Waals surface area contributed by atoms with Crippen molar-refractivity contribution in [2.24, 2.45) is 0 Å². The Labute approximate surface area is 117 Å². The van der Waals surface area contributed by atoms with Gasteiger partial charge in [0.05, 0.1) is 16.4 Å². The van der Waals surface area contributed by atoms with Gasteiger partial charge in [0, 0.05) is 18.7 Å². The number of thioether (sulfide) groups is 1. The maximum atomic E-state index is 10.8. The average molecular weight is 272 g/mol. The molecule has 0 aliphatic carbocycles. The van der Waals surface area contributed by atoms with Crippen molar-refractivity contribution in [1.29, 1.82) is 0 Å². The van der Waals surface area contributed by atoms with E-state index in [-0.39, 0.29) is 0 Å². The van der Waals surface area contributed by atoms with Crippen molar-refractivity contribution in [3.8, 4) is 0 Å². The Morgan fingerprint density at radius 3 is 3.00 bits per heavy atom. The zero-order valence-corrected chi connectivity index (χ0v) is 11.5. The molecule has 0 N–H and O–H groups in total. The van der Waals surface area contributed by atoms with Crippen molar-refractivity contribution in [3.63, 3.8) is 0 Å². The second kappa shape index (κ2) is 6.38. The molecule has 1 aromatic rings. The Morgan fingerprint density at radius 2 is 2.32 bits per heavy atom. The lowest BCUT2D eigenvalue weighted by atomic mass is 10.3. The first-order valence-corrected chi connectivity index (χ1v) is 7.05. The van der Waals surface area contributed by atoms with Gasteiger partial charge < -0.3 is 4.90 Å². The van der Waals surface area contributed by atoms with E-state index in [0.29, 0.717) is 0 Å². The highest BCUT2D eigenvalue weighted by atomic mass is 32.2. The summed E-state index contributed by atoms with van der Waals surface area (Å²) in [7, 11) is 0. The van der Waals surface area contributed by atoms with Gasteiger partial charge in [0.25, 0.3) is 0 Å². The number of fused-ring (bicyclic) bond motifs is 1. The number of pyridine rings is 1. The maximum Gasteiger partial charge on any atom is 0.214 e. The summed E-state index contributed by atoms with van der Waals surface area (Å²) in [5.41, 5.74) is 3.06. The SMILES string of the molecule is C=C/C=C(\C=C)CSc1ccc2c(n1)CCN2C=O. The Balaban J connectivity index is 2.07. The third-order valence-corrected chi connectivity index (χ3v) is 3.93. The van der Waals surface area contributed by atoms with Gasteiger partial charge in [-0.05, 0) is 17.7 Å². The Bertz CT molecular complexity index is 537. The number of anilines is 1. The molecule has 0 fully saturated rings. The lowest BCUT2D eigenvalue weighted by Crippen LogP contribution is -2.17. The Kier molecular flexibility index (Phi) is 4.58. The topological polar surface area (TPSA) is 33.2 Å². The molecule has 0 unspecified atom stereocenters. The summed E-state index contributed by atoms with van der Waals surface area (Å²) in [6.07, 6.45) is 7.23. The van der Waals surface area contributed by atoms with Gasteiger partial charge in [-0.15, -0.1) is 11.8 Å². The summed E-state index contributed by atoms with van der Waals surface area (Å²) in [6.45, 7) is 8.19. The summed E-state index contributed by atoms with van der Waals surface area (Å²) < 4.78 is 0. The Morgan fingerprint density at radius 1 is 1.47 bits per heavy atom. The fraction of sp³-hybridized carbons (Fsp3) is 0.200. The number of hydrogen-bond donors (Lipinski definition) is 0. The molecule has 0 saturated carbocycles. The van der Waals surface area contributed by atoms with Crippen molar-refractivity contribution in [1.82, 2.24) is 4.98 Å². The molecule has 0 bridgehead atoms. The van der Waals surface area contributed by atoms with E-state index in [9.17, 15) is 4.79 Å². The zero-order chi connectivity index (χ0) is 13.7. The maximum absolute atomic E-state index is 10.8. The number of allylic oxidation sites excluding steroid dienone is 3. The molecule has 0 saturated heterocycles. The predicted molar refractivity (Wildman–Crippen MR) is 80.6 cm³/mol. The lowest BCUT2D eigenvalue weighted by Gasteiger charge is -2.09. The highest BCUT2D eigenvalue weighted by Crippen LogP contribution is 2.28. The first kappa shape index (κ1) is 13.6.